The molecule has 2 nitrogen and oxygen atoms in total. The first-order valence-corrected chi connectivity index (χ1v) is 6.73. The Morgan fingerprint density at radius 3 is 2.87 bits per heavy atom. The Labute approximate surface area is 121 Å². The summed E-state index contributed by atoms with van der Waals surface area (Å²) in [6.07, 6.45) is 0. The molecule has 3 N–H and O–H groups in total. The van der Waals surface area contributed by atoms with Gasteiger partial charge in [0.2, 0.25) is 0 Å². The number of nitrogens with two attached hydrogens (primary N) is 1. The highest BCUT2D eigenvalue weighted by Gasteiger charge is 1.96. The van der Waals surface area contributed by atoms with E-state index in [0.717, 1.165) is 18.1 Å². The van der Waals surface area contributed by atoms with Crippen molar-refractivity contribution in [1.82, 2.24) is 5.32 Å². The molecule has 1 rings (SSSR count). The highest BCUT2D eigenvalue weighted by atomic mass is 127. The largest absolute Gasteiger partial charge is 0.376 e. The molecule has 0 aliphatic carbocycles. The fraction of sp³-hybridized carbons (Fsp3) is 0.444. The molecule has 6 heteroatoms. The Kier molecular flexibility index (Phi) is 8.87. The average molecular weight is 374 g/mol. The number of thiocarbonyl (C=S) groups is 1. The van der Waals surface area contributed by atoms with Gasteiger partial charge in [-0.15, -0.1) is 35.3 Å². The van der Waals surface area contributed by atoms with Crippen LogP contribution in [0.4, 0.5) is 0 Å². The molecule has 0 fully saturated rings. The van der Waals surface area contributed by atoms with Crippen LogP contribution in [0.3, 0.4) is 0 Å². The molecule has 86 valence electrons. The third-order valence-electron chi connectivity index (χ3n) is 1.59. The molecular weight excluding hydrogens is 359 g/mol. The maximum atomic E-state index is 5.30. The van der Waals surface area contributed by atoms with Crippen molar-refractivity contribution < 1.29 is 0 Å². The SMILES string of the molecule is Cc1ccc(CSCCNC(N)=S)s1.I. The van der Waals surface area contributed by atoms with Crippen LogP contribution < -0.4 is 11.1 Å². The lowest BCUT2D eigenvalue weighted by Crippen LogP contribution is -2.30. The smallest absolute Gasteiger partial charge is 0.163 e. The van der Waals surface area contributed by atoms with E-state index in [2.05, 4.69) is 24.4 Å². The van der Waals surface area contributed by atoms with Crippen molar-refractivity contribution in [3.8, 4) is 0 Å². The molecule has 0 bridgehead atoms. The normalized spacial score (nSPS) is 9.40. The molecule has 0 aromatic carbocycles. The van der Waals surface area contributed by atoms with Crippen LogP contribution in [-0.4, -0.2) is 17.4 Å². The first kappa shape index (κ1) is 15.5. The second-order valence-corrected chi connectivity index (χ2v) is 5.77. The molecule has 0 saturated heterocycles. The van der Waals surface area contributed by atoms with Crippen molar-refractivity contribution in [2.24, 2.45) is 5.73 Å². The molecule has 0 spiro atoms. The van der Waals surface area contributed by atoms with E-state index in [9.17, 15) is 0 Å². The van der Waals surface area contributed by atoms with Crippen molar-refractivity contribution in [2.75, 3.05) is 12.3 Å². The van der Waals surface area contributed by atoms with Gasteiger partial charge in [-0.3, -0.25) is 0 Å². The lowest BCUT2D eigenvalue weighted by atomic mass is 10.5. The minimum absolute atomic E-state index is 0. The van der Waals surface area contributed by atoms with E-state index in [1.54, 1.807) is 0 Å². The highest BCUT2D eigenvalue weighted by molar-refractivity contribution is 14.0. The molecular formula is C9H15IN2S3. The molecule has 0 radical (unpaired) electrons. The number of halogens is 1. The Balaban J connectivity index is 0.00000196. The van der Waals surface area contributed by atoms with Gasteiger partial charge < -0.3 is 11.1 Å². The predicted molar refractivity (Wildman–Crippen MR) is 85.4 cm³/mol. The van der Waals surface area contributed by atoms with Crippen molar-refractivity contribution in [3.05, 3.63) is 21.9 Å². The number of nitrogens with one attached hydrogen (secondary N) is 1. The molecule has 0 atom stereocenters. The van der Waals surface area contributed by atoms with Gasteiger partial charge in [0.15, 0.2) is 5.11 Å². The lowest BCUT2D eigenvalue weighted by Gasteiger charge is -2.02. The molecule has 0 amide bonds. The van der Waals surface area contributed by atoms with Crippen LogP contribution in [0, 0.1) is 6.92 Å². The van der Waals surface area contributed by atoms with Gasteiger partial charge in [0, 0.05) is 27.8 Å². The van der Waals surface area contributed by atoms with Crippen LogP contribution in [0.15, 0.2) is 12.1 Å². The van der Waals surface area contributed by atoms with Gasteiger partial charge in [0.05, 0.1) is 0 Å². The topological polar surface area (TPSA) is 38.0 Å². The highest BCUT2D eigenvalue weighted by Crippen LogP contribution is 2.20. The third kappa shape index (κ3) is 7.37. The summed E-state index contributed by atoms with van der Waals surface area (Å²) in [5, 5.41) is 3.32. The van der Waals surface area contributed by atoms with Gasteiger partial charge in [0.1, 0.15) is 0 Å². The maximum Gasteiger partial charge on any atom is 0.163 e. The van der Waals surface area contributed by atoms with Gasteiger partial charge in [0.25, 0.3) is 0 Å². The summed E-state index contributed by atoms with van der Waals surface area (Å²) in [5.74, 6) is 2.12. The lowest BCUT2D eigenvalue weighted by molar-refractivity contribution is 0.983. The molecule has 0 saturated carbocycles. The number of hydrogen-bond donors (Lipinski definition) is 2. The Morgan fingerprint density at radius 2 is 2.33 bits per heavy atom. The molecule has 15 heavy (non-hydrogen) atoms. The number of hydrogen-bond acceptors (Lipinski definition) is 3. The van der Waals surface area contributed by atoms with E-state index >= 15 is 0 Å². The summed E-state index contributed by atoms with van der Waals surface area (Å²) in [4.78, 5) is 2.81. The number of thiophene rings is 1. The van der Waals surface area contributed by atoms with Gasteiger partial charge in [-0.2, -0.15) is 11.8 Å². The van der Waals surface area contributed by atoms with Gasteiger partial charge in [-0.05, 0) is 31.3 Å². The number of aryl methyl sites for hydroxylation is 1. The molecule has 1 aromatic heterocycles. The van der Waals surface area contributed by atoms with E-state index in [1.807, 2.05) is 23.1 Å². The minimum Gasteiger partial charge on any atom is -0.376 e. The number of rotatable bonds is 5. The summed E-state index contributed by atoms with van der Waals surface area (Å²) in [5.41, 5.74) is 5.30. The molecule has 0 aliphatic rings. The Morgan fingerprint density at radius 1 is 1.60 bits per heavy atom. The van der Waals surface area contributed by atoms with E-state index < -0.39 is 0 Å². The van der Waals surface area contributed by atoms with Gasteiger partial charge >= 0.3 is 0 Å². The van der Waals surface area contributed by atoms with Crippen LogP contribution in [0.25, 0.3) is 0 Å². The first-order chi connectivity index (χ1) is 6.68. The van der Waals surface area contributed by atoms with E-state index in [1.165, 1.54) is 9.75 Å². The van der Waals surface area contributed by atoms with Crippen molar-refractivity contribution >= 4 is 64.4 Å². The Bertz CT molecular complexity index is 301. The monoisotopic (exact) mass is 374 g/mol. The first-order valence-electron chi connectivity index (χ1n) is 4.35. The van der Waals surface area contributed by atoms with Crippen LogP contribution in [0.5, 0.6) is 0 Å². The summed E-state index contributed by atoms with van der Waals surface area (Å²) in [6, 6.07) is 4.35. The Hall–Kier alpha value is 0.470. The zero-order valence-corrected chi connectivity index (χ0v) is 13.3. The molecule has 0 unspecified atom stereocenters. The van der Waals surface area contributed by atoms with Crippen molar-refractivity contribution in [2.45, 2.75) is 12.7 Å². The predicted octanol–water partition coefficient (Wildman–Crippen LogP) is 2.74. The van der Waals surface area contributed by atoms with E-state index in [0.29, 0.717) is 5.11 Å². The summed E-state index contributed by atoms with van der Waals surface area (Å²) >= 11 is 8.46. The van der Waals surface area contributed by atoms with Crippen LogP contribution in [-0.2, 0) is 5.75 Å². The summed E-state index contributed by atoms with van der Waals surface area (Å²) < 4.78 is 0. The number of thioether (sulfide) groups is 1. The van der Waals surface area contributed by atoms with Crippen LogP contribution in [0.1, 0.15) is 9.75 Å². The second-order valence-electron chi connectivity index (χ2n) is 2.86. The van der Waals surface area contributed by atoms with Gasteiger partial charge in [-0.25, -0.2) is 0 Å². The summed E-state index contributed by atoms with van der Waals surface area (Å²) in [6.45, 7) is 2.98. The maximum absolute atomic E-state index is 5.30. The third-order valence-corrected chi connectivity index (χ3v) is 3.92. The quantitative estimate of drug-likeness (QED) is 0.472. The molecule has 0 aliphatic heterocycles. The standard InChI is InChI=1S/C9H14N2S3.HI/c1-7-2-3-8(14-7)6-13-5-4-11-9(10)12;/h2-3H,4-6H2,1H3,(H3,10,11,12);1H. The van der Waals surface area contributed by atoms with Gasteiger partial charge in [-0.1, -0.05) is 0 Å². The zero-order valence-electron chi connectivity index (χ0n) is 8.49. The average Bonchev–Trinajstić information content (AvgIpc) is 2.50. The zero-order chi connectivity index (χ0) is 10.4. The van der Waals surface area contributed by atoms with E-state index in [4.69, 9.17) is 18.0 Å². The fourth-order valence-electron chi connectivity index (χ4n) is 0.982. The van der Waals surface area contributed by atoms with Crippen molar-refractivity contribution in [1.29, 1.82) is 0 Å². The fourth-order valence-corrected chi connectivity index (χ4v) is 2.94. The second kappa shape index (κ2) is 8.60. The minimum atomic E-state index is 0. The molecule has 1 aromatic rings. The van der Waals surface area contributed by atoms with E-state index in [-0.39, 0.29) is 24.0 Å². The molecule has 1 heterocycles. The van der Waals surface area contributed by atoms with Crippen molar-refractivity contribution in [3.63, 3.8) is 0 Å². The van der Waals surface area contributed by atoms with Crippen LogP contribution in [0.2, 0.25) is 0 Å². The van der Waals surface area contributed by atoms with Crippen LogP contribution >= 0.6 is 59.3 Å². The summed E-state index contributed by atoms with van der Waals surface area (Å²) in [7, 11) is 0.